The van der Waals surface area contributed by atoms with Crippen LogP contribution in [0.25, 0.3) is 0 Å². The Balaban J connectivity index is 1.71. The highest BCUT2D eigenvalue weighted by Crippen LogP contribution is 2.32. The predicted molar refractivity (Wildman–Crippen MR) is 108 cm³/mol. The Labute approximate surface area is 161 Å². The fourth-order valence-corrected chi connectivity index (χ4v) is 3.56. The monoisotopic (exact) mass is 373 g/mol. The third kappa shape index (κ3) is 4.73. The van der Waals surface area contributed by atoms with Crippen LogP contribution in [0, 0.1) is 0 Å². The van der Waals surface area contributed by atoms with E-state index in [4.69, 9.17) is 15.2 Å². The second-order valence-corrected chi connectivity index (χ2v) is 7.08. The van der Waals surface area contributed by atoms with Crippen molar-refractivity contribution in [3.05, 3.63) is 35.5 Å². The van der Waals surface area contributed by atoms with E-state index in [1.165, 1.54) is 25.9 Å². The standard InChI is InChI=1S/C20H31N5O2/c1-15-13-19(22-2)24-20(21,23-15)16-7-8-17(26-3)18(14-16)27-12-6-11-25-9-4-5-10-25/h7-8,13-14,23H,4-6,9-12,21H2,1-3H3,(H,22,24). The van der Waals surface area contributed by atoms with E-state index in [0.717, 1.165) is 30.1 Å². The van der Waals surface area contributed by atoms with Crippen LogP contribution in [-0.2, 0) is 5.79 Å². The summed E-state index contributed by atoms with van der Waals surface area (Å²) < 4.78 is 11.5. The van der Waals surface area contributed by atoms with Gasteiger partial charge in [-0.1, -0.05) is 0 Å². The molecule has 7 heteroatoms. The maximum atomic E-state index is 6.55. The molecule has 0 radical (unpaired) electrons. The summed E-state index contributed by atoms with van der Waals surface area (Å²) in [6.45, 7) is 6.10. The van der Waals surface area contributed by atoms with Crippen LogP contribution in [0.3, 0.4) is 0 Å². The van der Waals surface area contributed by atoms with E-state index in [1.807, 2.05) is 38.2 Å². The van der Waals surface area contributed by atoms with Crippen LogP contribution in [-0.4, -0.2) is 51.1 Å². The largest absolute Gasteiger partial charge is 0.493 e. The van der Waals surface area contributed by atoms with Gasteiger partial charge in [0.25, 0.3) is 0 Å². The Morgan fingerprint density at radius 2 is 2.07 bits per heavy atom. The molecule has 27 heavy (non-hydrogen) atoms. The summed E-state index contributed by atoms with van der Waals surface area (Å²) in [5, 5.41) is 6.31. The number of allylic oxidation sites excluding steroid dienone is 1. The molecule has 2 aliphatic rings. The van der Waals surface area contributed by atoms with Gasteiger partial charge in [-0.05, 0) is 63.6 Å². The summed E-state index contributed by atoms with van der Waals surface area (Å²) in [4.78, 5) is 7.08. The topological polar surface area (TPSA) is 84.1 Å². The number of amidine groups is 1. The van der Waals surface area contributed by atoms with Gasteiger partial charge in [-0.15, -0.1) is 0 Å². The Kier molecular flexibility index (Phi) is 6.23. The normalized spacial score (nSPS) is 22.7. The zero-order valence-corrected chi connectivity index (χ0v) is 16.5. The molecule has 3 rings (SSSR count). The Morgan fingerprint density at radius 1 is 1.30 bits per heavy atom. The molecule has 1 aromatic rings. The molecule has 7 nitrogen and oxygen atoms in total. The quantitative estimate of drug-likeness (QED) is 0.632. The maximum absolute atomic E-state index is 6.55. The molecule has 1 fully saturated rings. The van der Waals surface area contributed by atoms with Crippen LogP contribution in [0.5, 0.6) is 11.5 Å². The van der Waals surface area contributed by atoms with Crippen molar-refractivity contribution >= 4 is 5.84 Å². The SMILES string of the molecule is CNC1=NC(N)(c2ccc(OC)c(OCCCN3CCCC3)c2)NC(C)=C1. The first-order valence-corrected chi connectivity index (χ1v) is 9.61. The van der Waals surface area contributed by atoms with Crippen molar-refractivity contribution in [3.8, 4) is 11.5 Å². The summed E-state index contributed by atoms with van der Waals surface area (Å²) in [5.74, 6) is 1.08. The van der Waals surface area contributed by atoms with Crippen molar-refractivity contribution in [2.45, 2.75) is 32.0 Å². The van der Waals surface area contributed by atoms with Gasteiger partial charge in [-0.3, -0.25) is 5.73 Å². The lowest BCUT2D eigenvalue weighted by atomic mass is 10.1. The molecule has 4 N–H and O–H groups in total. The minimum absolute atomic E-state index is 0.644. The summed E-state index contributed by atoms with van der Waals surface area (Å²) in [7, 11) is 3.48. The lowest BCUT2D eigenvalue weighted by Gasteiger charge is -2.32. The van der Waals surface area contributed by atoms with E-state index in [9.17, 15) is 0 Å². The molecule has 1 aromatic carbocycles. The molecule has 0 aliphatic carbocycles. The number of nitrogens with one attached hydrogen (secondary N) is 2. The van der Waals surface area contributed by atoms with Crippen molar-refractivity contribution in [3.63, 3.8) is 0 Å². The molecule has 2 heterocycles. The van der Waals surface area contributed by atoms with Gasteiger partial charge >= 0.3 is 0 Å². The molecule has 1 unspecified atom stereocenters. The molecule has 0 aromatic heterocycles. The molecule has 0 amide bonds. The fourth-order valence-electron chi connectivity index (χ4n) is 3.56. The van der Waals surface area contributed by atoms with E-state index < -0.39 is 5.79 Å². The average Bonchev–Trinajstić information content (AvgIpc) is 3.17. The highest BCUT2D eigenvalue weighted by molar-refractivity contribution is 5.94. The van der Waals surface area contributed by atoms with Gasteiger partial charge in [-0.25, -0.2) is 4.99 Å². The maximum Gasteiger partial charge on any atom is 0.211 e. The molecule has 0 saturated carbocycles. The molecule has 1 atom stereocenters. The van der Waals surface area contributed by atoms with Crippen molar-refractivity contribution in [1.29, 1.82) is 0 Å². The molecule has 148 valence electrons. The van der Waals surface area contributed by atoms with E-state index in [-0.39, 0.29) is 0 Å². The minimum Gasteiger partial charge on any atom is -0.493 e. The average molecular weight is 374 g/mol. The van der Waals surface area contributed by atoms with Crippen molar-refractivity contribution < 1.29 is 9.47 Å². The van der Waals surface area contributed by atoms with Crippen molar-refractivity contribution in [1.82, 2.24) is 15.5 Å². The summed E-state index contributed by atoms with van der Waals surface area (Å²) in [6.07, 6.45) is 5.53. The first-order valence-electron chi connectivity index (χ1n) is 9.61. The van der Waals surface area contributed by atoms with Crippen LogP contribution in [0.1, 0.15) is 31.7 Å². The molecular formula is C20H31N5O2. The molecule has 0 bridgehead atoms. The van der Waals surface area contributed by atoms with Gasteiger partial charge in [-0.2, -0.15) is 0 Å². The zero-order chi connectivity index (χ0) is 19.3. The van der Waals surface area contributed by atoms with Crippen LogP contribution >= 0.6 is 0 Å². The van der Waals surface area contributed by atoms with Crippen molar-refractivity contribution in [2.75, 3.05) is 40.4 Å². The number of nitrogens with zero attached hydrogens (tertiary/aromatic N) is 2. The van der Waals surface area contributed by atoms with Crippen LogP contribution in [0.15, 0.2) is 35.0 Å². The van der Waals surface area contributed by atoms with Gasteiger partial charge < -0.3 is 25.0 Å². The number of hydrogen-bond donors (Lipinski definition) is 3. The summed E-state index contributed by atoms with van der Waals surface area (Å²) >= 11 is 0. The lowest BCUT2D eigenvalue weighted by Crippen LogP contribution is -2.51. The van der Waals surface area contributed by atoms with Gasteiger partial charge in [0.2, 0.25) is 5.79 Å². The fraction of sp³-hybridized carbons (Fsp3) is 0.550. The number of aliphatic imine (C=N–C) groups is 1. The lowest BCUT2D eigenvalue weighted by molar-refractivity contribution is 0.253. The first kappa shape index (κ1) is 19.5. The third-order valence-corrected chi connectivity index (χ3v) is 4.97. The first-order chi connectivity index (χ1) is 13.0. The predicted octanol–water partition coefficient (Wildman–Crippen LogP) is 1.75. The minimum atomic E-state index is -1.04. The number of likely N-dealkylation sites (N-methyl/N-ethyl adjacent to an activating group) is 1. The molecule has 2 aliphatic heterocycles. The zero-order valence-electron chi connectivity index (χ0n) is 16.5. The van der Waals surface area contributed by atoms with E-state index in [0.29, 0.717) is 18.1 Å². The number of benzene rings is 1. The van der Waals surface area contributed by atoms with Gasteiger partial charge in [0, 0.05) is 24.9 Å². The Hall–Kier alpha value is -2.25. The van der Waals surface area contributed by atoms with Crippen LogP contribution < -0.4 is 25.8 Å². The number of methoxy groups -OCH3 is 1. The number of nitrogens with two attached hydrogens (primary N) is 1. The Bertz CT molecular complexity index is 712. The second kappa shape index (κ2) is 8.63. The van der Waals surface area contributed by atoms with E-state index in [1.54, 1.807) is 7.11 Å². The van der Waals surface area contributed by atoms with Gasteiger partial charge in [0.15, 0.2) is 11.5 Å². The second-order valence-electron chi connectivity index (χ2n) is 7.08. The number of likely N-dealkylation sites (tertiary alicyclic amines) is 1. The van der Waals surface area contributed by atoms with Gasteiger partial charge in [0.05, 0.1) is 13.7 Å². The van der Waals surface area contributed by atoms with E-state index in [2.05, 4.69) is 20.5 Å². The van der Waals surface area contributed by atoms with Gasteiger partial charge in [0.1, 0.15) is 5.84 Å². The van der Waals surface area contributed by atoms with Crippen molar-refractivity contribution in [2.24, 2.45) is 10.7 Å². The van der Waals surface area contributed by atoms with Crippen LogP contribution in [0.2, 0.25) is 0 Å². The third-order valence-electron chi connectivity index (χ3n) is 4.97. The summed E-state index contributed by atoms with van der Waals surface area (Å²) in [6, 6.07) is 5.71. The molecular weight excluding hydrogens is 342 g/mol. The molecule has 1 saturated heterocycles. The smallest absolute Gasteiger partial charge is 0.211 e. The number of rotatable bonds is 7. The Morgan fingerprint density at radius 3 is 2.78 bits per heavy atom. The molecule has 0 spiro atoms. The van der Waals surface area contributed by atoms with Crippen LogP contribution in [0.4, 0.5) is 0 Å². The highest BCUT2D eigenvalue weighted by atomic mass is 16.5. The highest BCUT2D eigenvalue weighted by Gasteiger charge is 2.30. The summed E-state index contributed by atoms with van der Waals surface area (Å²) in [5.41, 5.74) is 8.32. The number of ether oxygens (including phenoxy) is 2. The van der Waals surface area contributed by atoms with E-state index >= 15 is 0 Å². The number of hydrogen-bond acceptors (Lipinski definition) is 7.